The first-order chi connectivity index (χ1) is 7.18. The van der Waals surface area contributed by atoms with Gasteiger partial charge in [0.15, 0.2) is 0 Å². The summed E-state index contributed by atoms with van der Waals surface area (Å²) in [6, 6.07) is 9.79. The summed E-state index contributed by atoms with van der Waals surface area (Å²) in [5.74, 6) is 0.0200. The van der Waals surface area contributed by atoms with Crippen LogP contribution in [0.1, 0.15) is 18.5 Å². The van der Waals surface area contributed by atoms with Crippen LogP contribution in [0.2, 0.25) is 0 Å². The van der Waals surface area contributed by atoms with E-state index >= 15 is 0 Å². The molecule has 0 aromatic heterocycles. The summed E-state index contributed by atoms with van der Waals surface area (Å²) < 4.78 is 0. The maximum atomic E-state index is 11.5. The Kier molecular flexibility index (Phi) is 2.46. The molecule has 1 aromatic carbocycles. The second-order valence-electron chi connectivity index (χ2n) is 3.69. The molecule has 1 N–H and O–H groups in total. The fraction of sp³-hybridized carbons (Fsp3) is 0.250. The zero-order valence-electron chi connectivity index (χ0n) is 8.55. The first-order valence-electron chi connectivity index (χ1n) is 4.93. The maximum Gasteiger partial charge on any atom is 0.250 e. The number of rotatable bonds is 2. The van der Waals surface area contributed by atoms with E-state index in [4.69, 9.17) is 0 Å². The minimum Gasteiger partial charge on any atom is -0.510 e. The molecule has 15 heavy (non-hydrogen) atoms. The summed E-state index contributed by atoms with van der Waals surface area (Å²) in [4.78, 5) is 13.1. The molecule has 0 saturated heterocycles. The Balaban J connectivity index is 2.17. The second-order valence-corrected chi connectivity index (χ2v) is 3.69. The summed E-state index contributed by atoms with van der Waals surface area (Å²) in [5.41, 5.74) is 1.08. The Hall–Kier alpha value is -1.77. The Morgan fingerprint density at radius 1 is 1.33 bits per heavy atom. The van der Waals surface area contributed by atoms with Crippen LogP contribution in [-0.2, 0) is 4.79 Å². The number of hydrogen-bond acceptors (Lipinski definition) is 2. The molecule has 1 aliphatic heterocycles. The van der Waals surface area contributed by atoms with Gasteiger partial charge in [0.1, 0.15) is 5.76 Å². The number of carbonyl (C=O) groups excluding carboxylic acids is 1. The average molecular weight is 203 g/mol. The van der Waals surface area contributed by atoms with Crippen molar-refractivity contribution in [3.63, 3.8) is 0 Å². The van der Waals surface area contributed by atoms with Crippen LogP contribution in [0.25, 0.3) is 0 Å². The number of carbonyl (C=O) groups is 1. The van der Waals surface area contributed by atoms with Gasteiger partial charge in [0.25, 0.3) is 5.91 Å². The third-order valence-electron chi connectivity index (χ3n) is 2.65. The number of benzene rings is 1. The summed E-state index contributed by atoms with van der Waals surface area (Å²) in [6.07, 6.45) is 1.28. The summed E-state index contributed by atoms with van der Waals surface area (Å²) in [5, 5.41) is 9.26. The second kappa shape index (κ2) is 3.77. The van der Waals surface area contributed by atoms with E-state index in [1.165, 1.54) is 6.08 Å². The first-order valence-corrected chi connectivity index (χ1v) is 4.93. The monoisotopic (exact) mass is 203 g/mol. The lowest BCUT2D eigenvalue weighted by molar-refractivity contribution is -0.126. The highest BCUT2D eigenvalue weighted by molar-refractivity contribution is 5.91. The minimum absolute atomic E-state index is 0.000370. The molecule has 1 aromatic rings. The van der Waals surface area contributed by atoms with Crippen LogP contribution < -0.4 is 0 Å². The number of hydrogen-bond donors (Lipinski definition) is 1. The largest absolute Gasteiger partial charge is 0.510 e. The van der Waals surface area contributed by atoms with Crippen molar-refractivity contribution in [1.29, 1.82) is 0 Å². The van der Waals surface area contributed by atoms with Crippen molar-refractivity contribution < 1.29 is 9.90 Å². The van der Waals surface area contributed by atoms with Crippen LogP contribution >= 0.6 is 0 Å². The zero-order valence-corrected chi connectivity index (χ0v) is 8.55. The van der Waals surface area contributed by atoms with Crippen LogP contribution in [0, 0.1) is 0 Å². The third-order valence-corrected chi connectivity index (χ3v) is 2.65. The van der Waals surface area contributed by atoms with Crippen molar-refractivity contribution in [3.8, 4) is 0 Å². The fourth-order valence-corrected chi connectivity index (χ4v) is 1.76. The highest BCUT2D eigenvalue weighted by Gasteiger charge is 2.26. The van der Waals surface area contributed by atoms with Crippen molar-refractivity contribution in [1.82, 2.24) is 4.90 Å². The Morgan fingerprint density at radius 2 is 2.00 bits per heavy atom. The molecule has 78 valence electrons. The van der Waals surface area contributed by atoms with Crippen LogP contribution in [-0.4, -0.2) is 22.5 Å². The predicted molar refractivity (Wildman–Crippen MR) is 57.3 cm³/mol. The fourth-order valence-electron chi connectivity index (χ4n) is 1.76. The van der Waals surface area contributed by atoms with Gasteiger partial charge in [-0.3, -0.25) is 4.79 Å². The third kappa shape index (κ3) is 1.86. The van der Waals surface area contributed by atoms with E-state index in [0.29, 0.717) is 6.54 Å². The minimum atomic E-state index is -0.121. The van der Waals surface area contributed by atoms with E-state index in [1.54, 1.807) is 4.90 Å². The van der Waals surface area contributed by atoms with Crippen LogP contribution in [0.5, 0.6) is 0 Å². The van der Waals surface area contributed by atoms with Gasteiger partial charge in [-0.15, -0.1) is 0 Å². The Bertz CT molecular complexity index is 397. The Morgan fingerprint density at radius 3 is 2.53 bits per heavy atom. The summed E-state index contributed by atoms with van der Waals surface area (Å²) in [6.45, 7) is 2.27. The van der Waals surface area contributed by atoms with Crippen LogP contribution in [0.3, 0.4) is 0 Å². The molecule has 1 atom stereocenters. The smallest absolute Gasteiger partial charge is 0.250 e. The highest BCUT2D eigenvalue weighted by Crippen LogP contribution is 2.23. The standard InChI is InChI=1S/C12H13NO2/c1-9(10-5-3-2-4-6-10)13-8-11(14)7-12(13)15/h2-7,9,14H,8H2,1H3/t9-/m1/s1. The Labute approximate surface area is 88.6 Å². The SMILES string of the molecule is C[C@H](c1ccccc1)N1CC(O)=CC1=O. The molecule has 0 aliphatic carbocycles. The topological polar surface area (TPSA) is 40.5 Å². The van der Waals surface area contributed by atoms with E-state index in [1.807, 2.05) is 37.3 Å². The van der Waals surface area contributed by atoms with Gasteiger partial charge in [0.2, 0.25) is 0 Å². The van der Waals surface area contributed by atoms with Gasteiger partial charge in [-0.1, -0.05) is 30.3 Å². The van der Waals surface area contributed by atoms with Gasteiger partial charge in [0.05, 0.1) is 12.6 Å². The molecule has 3 nitrogen and oxygen atoms in total. The van der Waals surface area contributed by atoms with Gasteiger partial charge in [-0.05, 0) is 12.5 Å². The molecule has 0 radical (unpaired) electrons. The number of aliphatic hydroxyl groups excluding tert-OH is 1. The molecule has 0 unspecified atom stereocenters. The first kappa shape index (κ1) is 9.77. The quantitative estimate of drug-likeness (QED) is 0.799. The normalized spacial score (nSPS) is 17.8. The van der Waals surface area contributed by atoms with E-state index in [2.05, 4.69) is 0 Å². The molecular formula is C12H13NO2. The van der Waals surface area contributed by atoms with Crippen molar-refractivity contribution in [2.45, 2.75) is 13.0 Å². The van der Waals surface area contributed by atoms with Gasteiger partial charge in [-0.25, -0.2) is 0 Å². The maximum absolute atomic E-state index is 11.5. The number of aliphatic hydroxyl groups is 1. The molecule has 2 rings (SSSR count). The summed E-state index contributed by atoms with van der Waals surface area (Å²) in [7, 11) is 0. The molecular weight excluding hydrogens is 190 g/mol. The van der Waals surface area contributed by atoms with Gasteiger partial charge < -0.3 is 10.0 Å². The van der Waals surface area contributed by atoms with Crippen molar-refractivity contribution in [3.05, 3.63) is 47.7 Å². The zero-order chi connectivity index (χ0) is 10.8. The van der Waals surface area contributed by atoms with Crippen molar-refractivity contribution in [2.75, 3.05) is 6.54 Å². The number of nitrogens with zero attached hydrogens (tertiary/aromatic N) is 1. The van der Waals surface area contributed by atoms with Crippen LogP contribution in [0.15, 0.2) is 42.2 Å². The molecule has 1 amide bonds. The number of amides is 1. The van der Waals surface area contributed by atoms with E-state index in [0.717, 1.165) is 5.56 Å². The highest BCUT2D eigenvalue weighted by atomic mass is 16.3. The molecule has 0 bridgehead atoms. The van der Waals surface area contributed by atoms with E-state index in [-0.39, 0.29) is 17.7 Å². The average Bonchev–Trinajstić information content (AvgIpc) is 2.58. The lowest BCUT2D eigenvalue weighted by Gasteiger charge is -2.24. The van der Waals surface area contributed by atoms with E-state index in [9.17, 15) is 9.90 Å². The van der Waals surface area contributed by atoms with Crippen LogP contribution in [0.4, 0.5) is 0 Å². The molecule has 3 heteroatoms. The van der Waals surface area contributed by atoms with E-state index < -0.39 is 0 Å². The molecule has 1 heterocycles. The molecule has 0 fully saturated rings. The van der Waals surface area contributed by atoms with Crippen molar-refractivity contribution in [2.24, 2.45) is 0 Å². The summed E-state index contributed by atoms with van der Waals surface area (Å²) >= 11 is 0. The van der Waals surface area contributed by atoms with Crippen molar-refractivity contribution >= 4 is 5.91 Å². The lowest BCUT2D eigenvalue weighted by atomic mass is 10.1. The van der Waals surface area contributed by atoms with Gasteiger partial charge in [-0.2, -0.15) is 0 Å². The predicted octanol–water partition coefficient (Wildman–Crippen LogP) is 2.03. The van der Waals surface area contributed by atoms with Gasteiger partial charge >= 0.3 is 0 Å². The lowest BCUT2D eigenvalue weighted by Crippen LogP contribution is -2.29. The molecule has 1 aliphatic rings. The molecule has 0 saturated carbocycles. The van der Waals surface area contributed by atoms with Gasteiger partial charge in [0, 0.05) is 6.08 Å². The molecule has 0 spiro atoms.